The number of thiophene rings is 1. The van der Waals surface area contributed by atoms with Gasteiger partial charge in [-0.2, -0.15) is 0 Å². The smallest absolute Gasteiger partial charge is 0.0801 e. The van der Waals surface area contributed by atoms with Crippen LogP contribution in [0, 0.1) is 0 Å². The maximum atomic E-state index is 5.61. The van der Waals surface area contributed by atoms with E-state index in [1.165, 1.54) is 16.4 Å². The number of nitrogens with one attached hydrogen (secondary N) is 1. The summed E-state index contributed by atoms with van der Waals surface area (Å²) in [5.74, 6) is 5.61. The maximum absolute atomic E-state index is 5.61. The predicted molar refractivity (Wildman–Crippen MR) is 67.4 cm³/mol. The second kappa shape index (κ2) is 5.49. The Morgan fingerprint density at radius 2 is 2.44 bits per heavy atom. The van der Waals surface area contributed by atoms with Crippen molar-refractivity contribution >= 4 is 22.9 Å². The van der Waals surface area contributed by atoms with E-state index in [-0.39, 0.29) is 6.04 Å². The lowest BCUT2D eigenvalue weighted by molar-refractivity contribution is 0.559. The van der Waals surface area contributed by atoms with Gasteiger partial charge in [-0.1, -0.05) is 17.5 Å². The molecule has 1 atom stereocenters. The second-order valence-corrected chi connectivity index (χ2v) is 5.26. The number of hydrogen-bond acceptors (Lipinski definition) is 6. The zero-order chi connectivity index (χ0) is 11.4. The summed E-state index contributed by atoms with van der Waals surface area (Å²) >= 11 is 3.18. The Labute approximate surface area is 103 Å². The topological polar surface area (TPSA) is 63.8 Å². The molecule has 16 heavy (non-hydrogen) atoms. The van der Waals surface area contributed by atoms with E-state index in [9.17, 15) is 0 Å². The molecule has 0 amide bonds. The average molecular weight is 254 g/mol. The first kappa shape index (κ1) is 11.7. The SMILES string of the molecule is CCc1nnsc1C(Cc1cccs1)NN. The van der Waals surface area contributed by atoms with Crippen molar-refractivity contribution in [3.8, 4) is 0 Å². The monoisotopic (exact) mass is 254 g/mol. The van der Waals surface area contributed by atoms with Crippen molar-refractivity contribution in [3.63, 3.8) is 0 Å². The highest BCUT2D eigenvalue weighted by Crippen LogP contribution is 2.25. The van der Waals surface area contributed by atoms with E-state index in [4.69, 9.17) is 5.84 Å². The Kier molecular flexibility index (Phi) is 4.00. The Bertz CT molecular complexity index is 424. The molecule has 2 heterocycles. The first-order valence-electron chi connectivity index (χ1n) is 5.14. The zero-order valence-corrected chi connectivity index (χ0v) is 10.6. The molecule has 0 aliphatic heterocycles. The minimum atomic E-state index is 0.119. The van der Waals surface area contributed by atoms with Crippen molar-refractivity contribution in [2.24, 2.45) is 5.84 Å². The molecule has 0 fully saturated rings. The summed E-state index contributed by atoms with van der Waals surface area (Å²) in [4.78, 5) is 2.47. The van der Waals surface area contributed by atoms with Gasteiger partial charge in [-0.25, -0.2) is 0 Å². The van der Waals surface area contributed by atoms with Crippen LogP contribution in [0.3, 0.4) is 0 Å². The van der Waals surface area contributed by atoms with Crippen molar-refractivity contribution in [1.29, 1.82) is 0 Å². The van der Waals surface area contributed by atoms with Gasteiger partial charge in [0.2, 0.25) is 0 Å². The minimum absolute atomic E-state index is 0.119. The summed E-state index contributed by atoms with van der Waals surface area (Å²) in [5, 5.41) is 6.19. The van der Waals surface area contributed by atoms with Crippen LogP contribution in [0.25, 0.3) is 0 Å². The number of nitrogens with two attached hydrogens (primary N) is 1. The molecule has 0 radical (unpaired) electrons. The lowest BCUT2D eigenvalue weighted by atomic mass is 10.1. The second-order valence-electron chi connectivity index (χ2n) is 3.44. The fourth-order valence-corrected chi connectivity index (χ4v) is 3.13. The van der Waals surface area contributed by atoms with E-state index >= 15 is 0 Å². The Balaban J connectivity index is 2.16. The molecule has 6 heteroatoms. The number of hydrogen-bond donors (Lipinski definition) is 2. The van der Waals surface area contributed by atoms with Crippen LogP contribution in [-0.4, -0.2) is 9.59 Å². The third-order valence-electron chi connectivity index (χ3n) is 2.42. The number of aromatic nitrogens is 2. The molecule has 0 spiro atoms. The van der Waals surface area contributed by atoms with Gasteiger partial charge in [0, 0.05) is 11.3 Å². The highest BCUT2D eigenvalue weighted by Gasteiger charge is 2.17. The van der Waals surface area contributed by atoms with Gasteiger partial charge < -0.3 is 0 Å². The molecule has 0 aromatic carbocycles. The molecule has 2 rings (SSSR count). The van der Waals surface area contributed by atoms with Crippen molar-refractivity contribution < 1.29 is 0 Å². The first-order valence-corrected chi connectivity index (χ1v) is 6.80. The third-order valence-corrected chi connectivity index (χ3v) is 4.20. The molecule has 0 aliphatic carbocycles. The summed E-state index contributed by atoms with van der Waals surface area (Å²) in [7, 11) is 0. The van der Waals surface area contributed by atoms with Crippen LogP contribution in [0.5, 0.6) is 0 Å². The quantitative estimate of drug-likeness (QED) is 0.632. The van der Waals surface area contributed by atoms with E-state index in [0.717, 1.165) is 23.4 Å². The van der Waals surface area contributed by atoms with Gasteiger partial charge in [-0.05, 0) is 29.4 Å². The molecule has 0 saturated heterocycles. The molecule has 0 saturated carbocycles. The largest absolute Gasteiger partial charge is 0.271 e. The van der Waals surface area contributed by atoms with Crippen LogP contribution in [-0.2, 0) is 12.8 Å². The van der Waals surface area contributed by atoms with Gasteiger partial charge in [-0.3, -0.25) is 11.3 Å². The average Bonchev–Trinajstić information content (AvgIpc) is 2.96. The van der Waals surface area contributed by atoms with Crippen molar-refractivity contribution in [1.82, 2.24) is 15.0 Å². The number of aryl methyl sites for hydroxylation is 1. The van der Waals surface area contributed by atoms with E-state index < -0.39 is 0 Å². The number of rotatable bonds is 5. The van der Waals surface area contributed by atoms with Crippen LogP contribution in [0.4, 0.5) is 0 Å². The zero-order valence-electron chi connectivity index (χ0n) is 9.01. The summed E-state index contributed by atoms with van der Waals surface area (Å²) in [6.07, 6.45) is 1.79. The van der Waals surface area contributed by atoms with Crippen LogP contribution >= 0.6 is 22.9 Å². The van der Waals surface area contributed by atoms with Gasteiger partial charge >= 0.3 is 0 Å². The first-order chi connectivity index (χ1) is 7.85. The molecule has 2 aromatic heterocycles. The molecule has 0 aliphatic rings. The lowest BCUT2D eigenvalue weighted by Gasteiger charge is -2.13. The van der Waals surface area contributed by atoms with Gasteiger partial charge in [0.15, 0.2) is 0 Å². The van der Waals surface area contributed by atoms with Crippen molar-refractivity contribution in [3.05, 3.63) is 33.0 Å². The molecule has 3 N–H and O–H groups in total. The van der Waals surface area contributed by atoms with Gasteiger partial charge in [0.25, 0.3) is 0 Å². The summed E-state index contributed by atoms with van der Waals surface area (Å²) in [6.45, 7) is 2.08. The van der Waals surface area contributed by atoms with Crippen LogP contribution < -0.4 is 11.3 Å². The minimum Gasteiger partial charge on any atom is -0.271 e. The van der Waals surface area contributed by atoms with Crippen molar-refractivity contribution in [2.45, 2.75) is 25.8 Å². The highest BCUT2D eigenvalue weighted by molar-refractivity contribution is 7.10. The molecule has 86 valence electrons. The van der Waals surface area contributed by atoms with Gasteiger partial charge in [-0.15, -0.1) is 16.4 Å². The standard InChI is InChI=1S/C10H14N4S2/c1-2-8-10(16-14-13-8)9(12-11)6-7-4-3-5-15-7/h3-5,9,12H,2,6,11H2,1H3. The summed E-state index contributed by atoms with van der Waals surface area (Å²) < 4.78 is 3.99. The van der Waals surface area contributed by atoms with E-state index in [1.807, 2.05) is 0 Å². The van der Waals surface area contributed by atoms with Crippen LogP contribution in [0.15, 0.2) is 17.5 Å². The fourth-order valence-electron chi connectivity index (χ4n) is 1.58. The molecular formula is C10H14N4S2. The molecule has 1 unspecified atom stereocenters. The molecule has 2 aromatic rings. The normalized spacial score (nSPS) is 12.9. The Morgan fingerprint density at radius 1 is 1.56 bits per heavy atom. The van der Waals surface area contributed by atoms with E-state index in [1.54, 1.807) is 11.3 Å². The number of nitrogens with zero attached hydrogens (tertiary/aromatic N) is 2. The fraction of sp³-hybridized carbons (Fsp3) is 0.400. The van der Waals surface area contributed by atoms with Gasteiger partial charge in [0.05, 0.1) is 16.6 Å². The third kappa shape index (κ3) is 2.46. The highest BCUT2D eigenvalue weighted by atomic mass is 32.1. The van der Waals surface area contributed by atoms with E-state index in [2.05, 4.69) is 39.4 Å². The molecule has 4 nitrogen and oxygen atoms in total. The summed E-state index contributed by atoms with van der Waals surface area (Å²) in [6, 6.07) is 4.29. The molecular weight excluding hydrogens is 240 g/mol. The summed E-state index contributed by atoms with van der Waals surface area (Å²) in [5.41, 5.74) is 3.90. The Morgan fingerprint density at radius 3 is 3.06 bits per heavy atom. The number of hydrazine groups is 1. The maximum Gasteiger partial charge on any atom is 0.0801 e. The predicted octanol–water partition coefficient (Wildman–Crippen LogP) is 1.91. The lowest BCUT2D eigenvalue weighted by Crippen LogP contribution is -2.29. The van der Waals surface area contributed by atoms with Crippen LogP contribution in [0.1, 0.15) is 28.4 Å². The van der Waals surface area contributed by atoms with Crippen LogP contribution in [0.2, 0.25) is 0 Å². The molecule has 0 bridgehead atoms. The van der Waals surface area contributed by atoms with E-state index in [0.29, 0.717) is 0 Å². The van der Waals surface area contributed by atoms with Gasteiger partial charge in [0.1, 0.15) is 0 Å². The van der Waals surface area contributed by atoms with Crippen molar-refractivity contribution in [2.75, 3.05) is 0 Å². The Hall–Kier alpha value is -0.820.